The lowest BCUT2D eigenvalue weighted by atomic mass is 9.70. The van der Waals surface area contributed by atoms with Gasteiger partial charge in [0.15, 0.2) is 13.7 Å². The molecular weight excluding hydrogens is 464 g/mol. The molecule has 1 aliphatic carbocycles. The summed E-state index contributed by atoms with van der Waals surface area (Å²) in [6.45, 7) is 20.1. The van der Waals surface area contributed by atoms with Gasteiger partial charge in [-0.05, 0) is 55.6 Å². The normalized spacial score (nSPS) is 17.0. The molecular formula is C27H40O7Si. The second kappa shape index (κ2) is 11.4. The maximum absolute atomic E-state index is 12.8. The molecule has 1 rings (SSSR count). The maximum Gasteiger partial charge on any atom is 0.323 e. The largest absolute Gasteiger partial charge is 0.468 e. The molecule has 0 spiro atoms. The summed E-state index contributed by atoms with van der Waals surface area (Å²) in [5.41, 5.74) is -0.656. The molecule has 194 valence electrons. The van der Waals surface area contributed by atoms with Crippen molar-refractivity contribution in [3.05, 3.63) is 35.5 Å². The third-order valence-electron chi connectivity index (χ3n) is 6.36. The Kier molecular flexibility index (Phi) is 9.90. The van der Waals surface area contributed by atoms with E-state index >= 15 is 0 Å². The van der Waals surface area contributed by atoms with Crippen molar-refractivity contribution in [2.75, 3.05) is 20.8 Å². The minimum Gasteiger partial charge on any atom is -0.468 e. The number of methoxy groups -OCH3 is 2. The number of allylic oxidation sites excluding steroid dienone is 4. The third-order valence-corrected chi connectivity index (χ3v) is 11.0. The van der Waals surface area contributed by atoms with Crippen molar-refractivity contribution >= 4 is 26.2 Å². The van der Waals surface area contributed by atoms with Gasteiger partial charge in [-0.25, -0.2) is 0 Å². The number of carbonyl (C=O) groups is 3. The first kappa shape index (κ1) is 30.4. The van der Waals surface area contributed by atoms with Gasteiger partial charge in [0.05, 0.1) is 14.2 Å². The van der Waals surface area contributed by atoms with E-state index in [0.717, 1.165) is 0 Å². The van der Waals surface area contributed by atoms with Gasteiger partial charge in [0.1, 0.15) is 12.2 Å². The predicted molar refractivity (Wildman–Crippen MR) is 138 cm³/mol. The zero-order valence-electron chi connectivity index (χ0n) is 22.8. The number of hydrogen-bond acceptors (Lipinski definition) is 7. The average molecular weight is 505 g/mol. The molecule has 0 fully saturated rings. The number of esters is 3. The van der Waals surface area contributed by atoms with Crippen molar-refractivity contribution in [1.82, 2.24) is 0 Å². The van der Waals surface area contributed by atoms with E-state index < -0.39 is 37.2 Å². The summed E-state index contributed by atoms with van der Waals surface area (Å²) in [4.78, 5) is 36.8. The quantitative estimate of drug-likeness (QED) is 0.160. The van der Waals surface area contributed by atoms with Crippen LogP contribution in [-0.2, 0) is 33.0 Å². The fourth-order valence-electron chi connectivity index (χ4n) is 3.54. The summed E-state index contributed by atoms with van der Waals surface area (Å²) in [6.07, 6.45) is 3.52. The molecule has 0 aromatic carbocycles. The molecule has 0 amide bonds. The summed E-state index contributed by atoms with van der Waals surface area (Å²) in [7, 11) is 0.380. The molecule has 0 aromatic rings. The van der Waals surface area contributed by atoms with E-state index in [2.05, 4.69) is 52.3 Å². The number of ether oxygens (including phenoxy) is 3. The van der Waals surface area contributed by atoms with Crippen molar-refractivity contribution in [2.45, 2.75) is 78.1 Å². The summed E-state index contributed by atoms with van der Waals surface area (Å²) in [5.74, 6) is 4.39. The molecule has 0 aromatic heterocycles. The first-order valence-corrected chi connectivity index (χ1v) is 14.4. The molecule has 35 heavy (non-hydrogen) atoms. The highest BCUT2D eigenvalue weighted by Crippen LogP contribution is 2.43. The van der Waals surface area contributed by atoms with Crippen molar-refractivity contribution in [3.8, 4) is 11.8 Å². The first-order chi connectivity index (χ1) is 15.9. The van der Waals surface area contributed by atoms with Crippen molar-refractivity contribution in [3.63, 3.8) is 0 Å². The number of rotatable bonds is 7. The van der Waals surface area contributed by atoms with Crippen LogP contribution in [0.15, 0.2) is 35.5 Å². The van der Waals surface area contributed by atoms with E-state index in [9.17, 15) is 14.4 Å². The SMILES string of the molecule is C=C(C#CC(C)(C)O[Si](C)(C)C(C)(C)C)C1=C/C(=C\COC(C)=O)CC(C(=O)OC)(C(=O)OC)C1. The minimum atomic E-state index is -2.07. The Labute approximate surface area is 211 Å². The molecule has 0 N–H and O–H groups in total. The van der Waals surface area contributed by atoms with Crippen LogP contribution in [0.3, 0.4) is 0 Å². The maximum atomic E-state index is 12.8. The van der Waals surface area contributed by atoms with E-state index in [1.165, 1.54) is 21.1 Å². The summed E-state index contributed by atoms with van der Waals surface area (Å²) in [5, 5.41) is 0.0249. The third kappa shape index (κ3) is 7.94. The Morgan fingerprint density at radius 2 is 1.63 bits per heavy atom. The molecule has 8 heteroatoms. The molecule has 0 atom stereocenters. The van der Waals surface area contributed by atoms with Gasteiger partial charge in [-0.15, -0.1) is 0 Å². The van der Waals surface area contributed by atoms with Gasteiger partial charge in [-0.2, -0.15) is 0 Å². The molecule has 0 bridgehead atoms. The van der Waals surface area contributed by atoms with Crippen molar-refractivity contribution in [2.24, 2.45) is 5.41 Å². The van der Waals surface area contributed by atoms with Crippen LogP contribution in [0.25, 0.3) is 0 Å². The van der Waals surface area contributed by atoms with Crippen molar-refractivity contribution < 1.29 is 33.0 Å². The zero-order chi connectivity index (χ0) is 27.2. The number of carbonyl (C=O) groups excluding carboxylic acids is 3. The molecule has 1 aliphatic rings. The molecule has 0 aliphatic heterocycles. The first-order valence-electron chi connectivity index (χ1n) is 11.5. The lowest BCUT2D eigenvalue weighted by Gasteiger charge is -2.40. The van der Waals surface area contributed by atoms with Crippen LogP contribution in [0, 0.1) is 17.3 Å². The summed E-state index contributed by atoms with van der Waals surface area (Å²) >= 11 is 0. The van der Waals surface area contributed by atoms with E-state index in [0.29, 0.717) is 16.7 Å². The Morgan fingerprint density at radius 1 is 1.09 bits per heavy atom. The van der Waals surface area contributed by atoms with Crippen LogP contribution in [0.5, 0.6) is 0 Å². The van der Waals surface area contributed by atoms with E-state index in [1.807, 2.05) is 19.9 Å². The fourth-order valence-corrected chi connectivity index (χ4v) is 5.17. The fraction of sp³-hybridized carbons (Fsp3) is 0.593. The average Bonchev–Trinajstić information content (AvgIpc) is 2.74. The monoisotopic (exact) mass is 504 g/mol. The summed E-state index contributed by atoms with van der Waals surface area (Å²) in [6, 6.07) is 0. The van der Waals surface area contributed by atoms with Gasteiger partial charge in [-0.3, -0.25) is 14.4 Å². The van der Waals surface area contributed by atoms with Crippen LogP contribution < -0.4 is 0 Å². The van der Waals surface area contributed by atoms with Crippen LogP contribution in [-0.4, -0.2) is 52.7 Å². The minimum absolute atomic E-state index is 0.00158. The lowest BCUT2D eigenvalue weighted by molar-refractivity contribution is -0.169. The van der Waals surface area contributed by atoms with Gasteiger partial charge >= 0.3 is 17.9 Å². The smallest absolute Gasteiger partial charge is 0.323 e. The lowest BCUT2D eigenvalue weighted by Crippen LogP contribution is -2.47. The number of hydrogen-bond donors (Lipinski definition) is 0. The zero-order valence-corrected chi connectivity index (χ0v) is 23.8. The highest BCUT2D eigenvalue weighted by molar-refractivity contribution is 6.74. The van der Waals surface area contributed by atoms with Crippen LogP contribution >= 0.6 is 0 Å². The second-order valence-electron chi connectivity index (χ2n) is 10.8. The Balaban J connectivity index is 3.41. The van der Waals surface area contributed by atoms with Crippen molar-refractivity contribution in [1.29, 1.82) is 0 Å². The van der Waals surface area contributed by atoms with Gasteiger partial charge in [0.2, 0.25) is 0 Å². The van der Waals surface area contributed by atoms with Crippen LogP contribution in [0.2, 0.25) is 18.1 Å². The molecule has 0 saturated carbocycles. The van der Waals surface area contributed by atoms with Gasteiger partial charge in [0.25, 0.3) is 0 Å². The van der Waals surface area contributed by atoms with E-state index in [1.54, 1.807) is 6.08 Å². The molecule has 7 nitrogen and oxygen atoms in total. The second-order valence-corrected chi connectivity index (χ2v) is 15.5. The van der Waals surface area contributed by atoms with Gasteiger partial charge < -0.3 is 18.6 Å². The predicted octanol–water partition coefficient (Wildman–Crippen LogP) is 4.89. The molecule has 0 saturated heterocycles. The molecule has 0 unspecified atom stereocenters. The van der Waals surface area contributed by atoms with Crippen LogP contribution in [0.1, 0.15) is 54.4 Å². The Bertz CT molecular complexity index is 965. The van der Waals surface area contributed by atoms with Gasteiger partial charge in [0, 0.05) is 18.9 Å². The van der Waals surface area contributed by atoms with E-state index in [-0.39, 0.29) is 24.5 Å². The topological polar surface area (TPSA) is 88.1 Å². The highest BCUT2D eigenvalue weighted by atomic mass is 28.4. The molecule has 0 heterocycles. The van der Waals surface area contributed by atoms with E-state index in [4.69, 9.17) is 18.6 Å². The molecule has 0 radical (unpaired) electrons. The standard InChI is InChI=1S/C27H40O7Si/c1-19(12-14-26(6,7)34-35(10,11)25(3,4)5)22-16-21(13-15-33-20(2)28)17-27(18-22,23(29)31-8)24(30)32-9/h13,16H,1,15,17-18H2,2-11H3/b21-13+. The van der Waals surface area contributed by atoms with Gasteiger partial charge in [-0.1, -0.05) is 45.3 Å². The Hall–Kier alpha value is -2.63. The van der Waals surface area contributed by atoms with Crippen LogP contribution in [0.4, 0.5) is 0 Å². The summed E-state index contributed by atoms with van der Waals surface area (Å²) < 4.78 is 21.4. The highest BCUT2D eigenvalue weighted by Gasteiger charge is 2.51. The Morgan fingerprint density at radius 3 is 2.09 bits per heavy atom.